The van der Waals surface area contributed by atoms with Gasteiger partial charge in [-0.25, -0.2) is 0 Å². The highest BCUT2D eigenvalue weighted by molar-refractivity contribution is 5.94. The van der Waals surface area contributed by atoms with Crippen molar-refractivity contribution in [3.8, 4) is 0 Å². The summed E-state index contributed by atoms with van der Waals surface area (Å²) in [5.41, 5.74) is 0.826. The molecule has 1 N–H and O–H groups in total. The Kier molecular flexibility index (Phi) is 5.12. The molecular formula is C22H32N2O. The van der Waals surface area contributed by atoms with E-state index in [2.05, 4.69) is 10.2 Å². The Morgan fingerprint density at radius 1 is 1.00 bits per heavy atom. The Morgan fingerprint density at radius 2 is 1.68 bits per heavy atom. The van der Waals surface area contributed by atoms with Gasteiger partial charge in [-0.15, -0.1) is 0 Å². The van der Waals surface area contributed by atoms with E-state index >= 15 is 0 Å². The number of hydrogen-bond donors (Lipinski definition) is 1. The number of hydrogen-bond acceptors (Lipinski definition) is 2. The molecule has 0 spiro atoms. The summed E-state index contributed by atoms with van der Waals surface area (Å²) in [6, 6.07) is 10.5. The lowest BCUT2D eigenvalue weighted by Gasteiger charge is -2.46. The van der Waals surface area contributed by atoms with Gasteiger partial charge in [-0.1, -0.05) is 50.3 Å². The van der Waals surface area contributed by atoms with Crippen molar-refractivity contribution in [2.45, 2.75) is 75.8 Å². The Hall–Kier alpha value is -1.35. The minimum Gasteiger partial charge on any atom is -0.346 e. The van der Waals surface area contributed by atoms with Gasteiger partial charge < -0.3 is 10.2 Å². The molecule has 0 unspecified atom stereocenters. The summed E-state index contributed by atoms with van der Waals surface area (Å²) >= 11 is 0. The van der Waals surface area contributed by atoms with Crippen LogP contribution >= 0.6 is 0 Å². The van der Waals surface area contributed by atoms with Crippen molar-refractivity contribution in [3.63, 3.8) is 0 Å². The minimum absolute atomic E-state index is 0.0270. The van der Waals surface area contributed by atoms with E-state index in [1.54, 1.807) is 0 Å². The lowest BCUT2D eigenvalue weighted by atomic mass is 9.81. The van der Waals surface area contributed by atoms with Crippen LogP contribution in [0.25, 0.3) is 0 Å². The number of likely N-dealkylation sites (tertiary alicyclic amines) is 1. The largest absolute Gasteiger partial charge is 0.346 e. The van der Waals surface area contributed by atoms with Crippen molar-refractivity contribution in [3.05, 3.63) is 35.9 Å². The molecule has 0 aromatic heterocycles. The van der Waals surface area contributed by atoms with Gasteiger partial charge in [-0.05, 0) is 50.2 Å². The minimum atomic E-state index is 0.0270. The number of amides is 1. The van der Waals surface area contributed by atoms with Crippen LogP contribution < -0.4 is 5.32 Å². The Balaban J connectivity index is 1.41. The topological polar surface area (TPSA) is 32.3 Å². The molecule has 3 heteroatoms. The maximum Gasteiger partial charge on any atom is 0.251 e. The molecule has 136 valence electrons. The molecule has 25 heavy (non-hydrogen) atoms. The molecule has 1 amide bonds. The van der Waals surface area contributed by atoms with Crippen molar-refractivity contribution in [2.75, 3.05) is 13.1 Å². The summed E-state index contributed by atoms with van der Waals surface area (Å²) in [5.74, 6) is 0.963. The second-order valence-corrected chi connectivity index (χ2v) is 8.58. The van der Waals surface area contributed by atoms with Crippen molar-refractivity contribution < 1.29 is 4.79 Å². The summed E-state index contributed by atoms with van der Waals surface area (Å²) in [6.45, 7) is 2.32. The van der Waals surface area contributed by atoms with Gasteiger partial charge in [0.1, 0.15) is 0 Å². The molecule has 3 nitrogen and oxygen atoms in total. The first-order valence-corrected chi connectivity index (χ1v) is 10.4. The van der Waals surface area contributed by atoms with Crippen LogP contribution in [-0.4, -0.2) is 35.5 Å². The standard InChI is InChI=1S/C22H32N2O/c25-21(19-7-3-1-4-8-19)23-22(17-18-11-12-18)13-15-24(16-14-22)20-9-5-2-6-10-20/h1,3-4,7-8,18,20H,2,5-6,9-17H2,(H,23,25). The quantitative estimate of drug-likeness (QED) is 0.862. The SMILES string of the molecule is O=C(NC1(CC2CC2)CCN(C2CCCCC2)CC1)c1ccccc1. The van der Waals surface area contributed by atoms with Gasteiger partial charge in [0.15, 0.2) is 0 Å². The van der Waals surface area contributed by atoms with E-state index in [1.807, 2.05) is 30.3 Å². The molecule has 1 aromatic rings. The van der Waals surface area contributed by atoms with Gasteiger partial charge >= 0.3 is 0 Å². The van der Waals surface area contributed by atoms with Gasteiger partial charge in [0.25, 0.3) is 5.91 Å². The molecule has 1 saturated heterocycles. The van der Waals surface area contributed by atoms with Crippen LogP contribution in [0.5, 0.6) is 0 Å². The molecule has 2 saturated carbocycles. The zero-order chi connectivity index (χ0) is 17.1. The molecule has 3 fully saturated rings. The second kappa shape index (κ2) is 7.49. The van der Waals surface area contributed by atoms with E-state index in [0.717, 1.165) is 43.5 Å². The first-order valence-electron chi connectivity index (χ1n) is 10.4. The van der Waals surface area contributed by atoms with Gasteiger partial charge in [0.2, 0.25) is 0 Å². The van der Waals surface area contributed by atoms with E-state index in [-0.39, 0.29) is 11.4 Å². The van der Waals surface area contributed by atoms with E-state index in [9.17, 15) is 4.79 Å². The molecular weight excluding hydrogens is 308 g/mol. The summed E-state index contributed by atoms with van der Waals surface area (Å²) in [5, 5.41) is 3.48. The highest BCUT2D eigenvalue weighted by atomic mass is 16.1. The van der Waals surface area contributed by atoms with Crippen LogP contribution in [0, 0.1) is 5.92 Å². The normalized spacial score (nSPS) is 24.8. The van der Waals surface area contributed by atoms with Crippen LogP contribution in [0.3, 0.4) is 0 Å². The Bertz CT molecular complexity index is 567. The van der Waals surface area contributed by atoms with Crippen LogP contribution in [0.4, 0.5) is 0 Å². The number of piperidine rings is 1. The molecule has 1 heterocycles. The fraction of sp³-hybridized carbons (Fsp3) is 0.682. The molecule has 1 aromatic carbocycles. The Labute approximate surface area is 152 Å². The molecule has 2 aliphatic carbocycles. The maximum absolute atomic E-state index is 12.8. The third kappa shape index (κ3) is 4.25. The van der Waals surface area contributed by atoms with E-state index in [1.165, 1.54) is 51.4 Å². The predicted octanol–water partition coefficient (Wildman–Crippen LogP) is 4.38. The number of carbonyl (C=O) groups is 1. The number of rotatable bonds is 5. The predicted molar refractivity (Wildman–Crippen MR) is 102 cm³/mol. The molecule has 1 aliphatic heterocycles. The smallest absolute Gasteiger partial charge is 0.251 e. The average Bonchev–Trinajstić information content (AvgIpc) is 3.47. The third-order valence-electron chi connectivity index (χ3n) is 6.64. The van der Waals surface area contributed by atoms with Crippen LogP contribution in [0.2, 0.25) is 0 Å². The second-order valence-electron chi connectivity index (χ2n) is 8.58. The monoisotopic (exact) mass is 340 g/mol. The summed E-state index contributed by atoms with van der Waals surface area (Å²) in [7, 11) is 0. The van der Waals surface area contributed by atoms with E-state index in [0.29, 0.717) is 0 Å². The summed E-state index contributed by atoms with van der Waals surface area (Å²) < 4.78 is 0. The number of benzene rings is 1. The zero-order valence-electron chi connectivity index (χ0n) is 15.4. The van der Waals surface area contributed by atoms with Crippen molar-refractivity contribution >= 4 is 5.91 Å². The lowest BCUT2D eigenvalue weighted by molar-refractivity contribution is 0.0622. The molecule has 3 aliphatic rings. The van der Waals surface area contributed by atoms with Gasteiger partial charge in [0.05, 0.1) is 0 Å². The van der Waals surface area contributed by atoms with Crippen molar-refractivity contribution in [1.82, 2.24) is 10.2 Å². The summed E-state index contributed by atoms with van der Waals surface area (Å²) in [4.78, 5) is 15.5. The van der Waals surface area contributed by atoms with Gasteiger partial charge in [-0.2, -0.15) is 0 Å². The number of nitrogens with one attached hydrogen (secondary N) is 1. The Morgan fingerprint density at radius 3 is 2.32 bits per heavy atom. The molecule has 0 atom stereocenters. The van der Waals surface area contributed by atoms with Crippen molar-refractivity contribution in [1.29, 1.82) is 0 Å². The highest BCUT2D eigenvalue weighted by Crippen LogP contribution is 2.41. The first kappa shape index (κ1) is 17.1. The average molecular weight is 341 g/mol. The van der Waals surface area contributed by atoms with Crippen LogP contribution in [-0.2, 0) is 0 Å². The molecule has 0 radical (unpaired) electrons. The van der Waals surface area contributed by atoms with Gasteiger partial charge in [0, 0.05) is 30.2 Å². The zero-order valence-corrected chi connectivity index (χ0v) is 15.4. The van der Waals surface area contributed by atoms with E-state index in [4.69, 9.17) is 0 Å². The number of nitrogens with zero attached hydrogens (tertiary/aromatic N) is 1. The fourth-order valence-electron chi connectivity index (χ4n) is 4.92. The summed E-state index contributed by atoms with van der Waals surface area (Å²) in [6.07, 6.45) is 13.1. The van der Waals surface area contributed by atoms with Crippen molar-refractivity contribution in [2.24, 2.45) is 5.92 Å². The lowest BCUT2D eigenvalue weighted by Crippen LogP contribution is -2.57. The molecule has 0 bridgehead atoms. The fourth-order valence-corrected chi connectivity index (χ4v) is 4.92. The van der Waals surface area contributed by atoms with Gasteiger partial charge in [-0.3, -0.25) is 4.79 Å². The number of carbonyl (C=O) groups excluding carboxylic acids is 1. The highest BCUT2D eigenvalue weighted by Gasteiger charge is 2.41. The third-order valence-corrected chi connectivity index (χ3v) is 6.64. The first-order chi connectivity index (χ1) is 12.2. The van der Waals surface area contributed by atoms with Crippen LogP contribution in [0.15, 0.2) is 30.3 Å². The maximum atomic E-state index is 12.8. The molecule has 4 rings (SSSR count). The van der Waals surface area contributed by atoms with Crippen LogP contribution in [0.1, 0.15) is 74.6 Å². The van der Waals surface area contributed by atoms with E-state index < -0.39 is 0 Å².